The molecule has 0 aromatic heterocycles. The Morgan fingerprint density at radius 2 is 1.90 bits per heavy atom. The zero-order valence-corrected chi connectivity index (χ0v) is 13.9. The average molecular weight is 310 g/mol. The summed E-state index contributed by atoms with van der Waals surface area (Å²) in [4.78, 5) is 0.400. The van der Waals surface area contributed by atoms with E-state index in [1.807, 2.05) is 32.9 Å². The number of nitrogens with one attached hydrogen (secondary N) is 2. The molecular weight excluding hydrogens is 284 g/mol. The smallest absolute Gasteiger partial charge is 0.241 e. The summed E-state index contributed by atoms with van der Waals surface area (Å²) in [5.41, 5.74) is 0.843. The van der Waals surface area contributed by atoms with Crippen molar-refractivity contribution in [2.75, 3.05) is 0 Å². The summed E-state index contributed by atoms with van der Waals surface area (Å²) in [6.07, 6.45) is 3.18. The number of hydrogen-bond acceptors (Lipinski definition) is 3. The minimum Gasteiger partial charge on any atom is -0.310 e. The Bertz CT molecular complexity index is 565. The van der Waals surface area contributed by atoms with E-state index >= 15 is 0 Å². The molecule has 5 heteroatoms. The fraction of sp³-hybridized carbons (Fsp3) is 0.625. The van der Waals surface area contributed by atoms with Crippen LogP contribution in [-0.4, -0.2) is 20.5 Å². The third-order valence-electron chi connectivity index (χ3n) is 3.97. The molecule has 0 heterocycles. The maximum absolute atomic E-state index is 12.6. The second-order valence-corrected chi connectivity index (χ2v) is 7.83. The molecule has 1 fully saturated rings. The van der Waals surface area contributed by atoms with Crippen LogP contribution < -0.4 is 10.0 Å². The van der Waals surface area contributed by atoms with Gasteiger partial charge in [-0.05, 0) is 36.8 Å². The van der Waals surface area contributed by atoms with Crippen LogP contribution in [0.5, 0.6) is 0 Å². The van der Waals surface area contributed by atoms with Crippen molar-refractivity contribution >= 4 is 10.0 Å². The SMILES string of the molecule is CCC(NS(=O)(=O)c1ccccc1CNC1CC1)C(C)C. The second-order valence-electron chi connectivity index (χ2n) is 6.14. The fourth-order valence-corrected chi connectivity index (χ4v) is 4.11. The number of sulfonamides is 1. The summed E-state index contributed by atoms with van der Waals surface area (Å²) in [7, 11) is -3.46. The van der Waals surface area contributed by atoms with Gasteiger partial charge < -0.3 is 5.32 Å². The van der Waals surface area contributed by atoms with Crippen LogP contribution in [0.25, 0.3) is 0 Å². The molecule has 1 aliphatic carbocycles. The average Bonchev–Trinajstić information content (AvgIpc) is 3.26. The van der Waals surface area contributed by atoms with Crippen molar-refractivity contribution in [1.82, 2.24) is 10.0 Å². The molecule has 0 radical (unpaired) electrons. The molecule has 4 nitrogen and oxygen atoms in total. The maximum atomic E-state index is 12.6. The Balaban J connectivity index is 2.17. The Morgan fingerprint density at radius 1 is 1.24 bits per heavy atom. The van der Waals surface area contributed by atoms with Crippen LogP contribution in [0.15, 0.2) is 29.2 Å². The van der Waals surface area contributed by atoms with E-state index in [2.05, 4.69) is 10.0 Å². The molecule has 0 amide bonds. The van der Waals surface area contributed by atoms with Gasteiger partial charge in [-0.1, -0.05) is 39.0 Å². The number of benzene rings is 1. The molecule has 0 aliphatic heterocycles. The normalized spacial score (nSPS) is 17.1. The van der Waals surface area contributed by atoms with Gasteiger partial charge in [0.05, 0.1) is 4.90 Å². The van der Waals surface area contributed by atoms with Gasteiger partial charge in [0.2, 0.25) is 10.0 Å². The molecule has 1 aliphatic rings. The van der Waals surface area contributed by atoms with Crippen molar-refractivity contribution in [1.29, 1.82) is 0 Å². The van der Waals surface area contributed by atoms with E-state index in [1.165, 1.54) is 12.8 Å². The third-order valence-corrected chi connectivity index (χ3v) is 5.56. The van der Waals surface area contributed by atoms with Crippen LogP contribution in [0.4, 0.5) is 0 Å². The topological polar surface area (TPSA) is 58.2 Å². The lowest BCUT2D eigenvalue weighted by Gasteiger charge is -2.21. The first kappa shape index (κ1) is 16.5. The van der Waals surface area contributed by atoms with E-state index in [9.17, 15) is 8.42 Å². The van der Waals surface area contributed by atoms with Crippen molar-refractivity contribution in [3.05, 3.63) is 29.8 Å². The highest BCUT2D eigenvalue weighted by Crippen LogP contribution is 2.22. The monoisotopic (exact) mass is 310 g/mol. The van der Waals surface area contributed by atoms with Gasteiger partial charge in [-0.25, -0.2) is 13.1 Å². The lowest BCUT2D eigenvalue weighted by Crippen LogP contribution is -2.38. The zero-order valence-electron chi connectivity index (χ0n) is 13.1. The molecule has 21 heavy (non-hydrogen) atoms. The highest BCUT2D eigenvalue weighted by atomic mass is 32.2. The molecule has 2 N–H and O–H groups in total. The highest BCUT2D eigenvalue weighted by molar-refractivity contribution is 7.89. The summed E-state index contributed by atoms with van der Waals surface area (Å²) in [6, 6.07) is 7.79. The molecule has 1 atom stereocenters. The van der Waals surface area contributed by atoms with E-state index in [0.29, 0.717) is 17.5 Å². The van der Waals surface area contributed by atoms with Gasteiger partial charge in [0, 0.05) is 18.6 Å². The van der Waals surface area contributed by atoms with Crippen LogP contribution in [0, 0.1) is 5.92 Å². The van der Waals surface area contributed by atoms with E-state index in [0.717, 1.165) is 12.0 Å². The summed E-state index contributed by atoms with van der Waals surface area (Å²) in [6.45, 7) is 6.70. The van der Waals surface area contributed by atoms with E-state index < -0.39 is 10.0 Å². The van der Waals surface area contributed by atoms with Gasteiger partial charge in [-0.2, -0.15) is 0 Å². The van der Waals surface area contributed by atoms with E-state index in [-0.39, 0.29) is 12.0 Å². The molecule has 0 saturated heterocycles. The molecule has 0 bridgehead atoms. The van der Waals surface area contributed by atoms with Gasteiger partial charge in [0.1, 0.15) is 0 Å². The molecule has 118 valence electrons. The predicted molar refractivity (Wildman–Crippen MR) is 85.5 cm³/mol. The molecule has 1 aromatic rings. The van der Waals surface area contributed by atoms with Crippen molar-refractivity contribution in [3.63, 3.8) is 0 Å². The van der Waals surface area contributed by atoms with Gasteiger partial charge in [-0.15, -0.1) is 0 Å². The molecule has 0 spiro atoms. The predicted octanol–water partition coefficient (Wildman–Crippen LogP) is 2.65. The first-order valence-electron chi connectivity index (χ1n) is 7.77. The van der Waals surface area contributed by atoms with Crippen molar-refractivity contribution < 1.29 is 8.42 Å². The van der Waals surface area contributed by atoms with Crippen LogP contribution in [0.1, 0.15) is 45.6 Å². The summed E-state index contributed by atoms with van der Waals surface area (Å²) >= 11 is 0. The summed E-state index contributed by atoms with van der Waals surface area (Å²) in [5, 5.41) is 3.38. The molecule has 2 rings (SSSR count). The zero-order chi connectivity index (χ0) is 15.5. The Morgan fingerprint density at radius 3 is 2.48 bits per heavy atom. The van der Waals surface area contributed by atoms with Crippen molar-refractivity contribution in [3.8, 4) is 0 Å². The number of hydrogen-bond donors (Lipinski definition) is 2. The standard InChI is InChI=1S/C16H26N2O2S/c1-4-15(12(2)3)18-21(19,20)16-8-6-5-7-13(16)11-17-14-9-10-14/h5-8,12,14-15,17-18H,4,9-11H2,1-3H3. The van der Waals surface area contributed by atoms with Gasteiger partial charge in [-0.3, -0.25) is 0 Å². The summed E-state index contributed by atoms with van der Waals surface area (Å²) in [5.74, 6) is 0.279. The first-order chi connectivity index (χ1) is 9.94. The van der Waals surface area contributed by atoms with Crippen LogP contribution >= 0.6 is 0 Å². The highest BCUT2D eigenvalue weighted by Gasteiger charge is 2.25. The molecule has 1 saturated carbocycles. The second kappa shape index (κ2) is 6.90. The van der Waals surface area contributed by atoms with Gasteiger partial charge in [0.25, 0.3) is 0 Å². The quantitative estimate of drug-likeness (QED) is 0.776. The van der Waals surface area contributed by atoms with E-state index in [4.69, 9.17) is 0 Å². The minimum absolute atomic E-state index is 0.0283. The molecule has 1 aromatic carbocycles. The van der Waals surface area contributed by atoms with Crippen LogP contribution in [0.3, 0.4) is 0 Å². The minimum atomic E-state index is -3.46. The third kappa shape index (κ3) is 4.53. The molecular formula is C16H26N2O2S. The van der Waals surface area contributed by atoms with Crippen LogP contribution in [0.2, 0.25) is 0 Å². The lowest BCUT2D eigenvalue weighted by molar-refractivity contribution is 0.437. The van der Waals surface area contributed by atoms with Crippen molar-refractivity contribution in [2.24, 2.45) is 5.92 Å². The number of rotatable bonds is 8. The van der Waals surface area contributed by atoms with Crippen molar-refractivity contribution in [2.45, 2.75) is 63.6 Å². The van der Waals surface area contributed by atoms with Gasteiger partial charge >= 0.3 is 0 Å². The first-order valence-corrected chi connectivity index (χ1v) is 9.26. The Kier molecular flexibility index (Phi) is 5.41. The molecule has 1 unspecified atom stereocenters. The van der Waals surface area contributed by atoms with Crippen LogP contribution in [-0.2, 0) is 16.6 Å². The summed E-state index contributed by atoms with van der Waals surface area (Å²) < 4.78 is 28.1. The maximum Gasteiger partial charge on any atom is 0.241 e. The fourth-order valence-electron chi connectivity index (χ4n) is 2.41. The van der Waals surface area contributed by atoms with Gasteiger partial charge in [0.15, 0.2) is 0 Å². The van der Waals surface area contributed by atoms with E-state index in [1.54, 1.807) is 12.1 Å². The largest absolute Gasteiger partial charge is 0.310 e. The Labute approximate surface area is 128 Å². The lowest BCUT2D eigenvalue weighted by atomic mass is 10.0. The Hall–Kier alpha value is -0.910.